The van der Waals surface area contributed by atoms with Gasteiger partial charge in [0.25, 0.3) is 0 Å². The van der Waals surface area contributed by atoms with Crippen LogP contribution in [0.3, 0.4) is 0 Å². The lowest BCUT2D eigenvalue weighted by atomic mass is 10.2. The van der Waals surface area contributed by atoms with Crippen molar-refractivity contribution in [3.63, 3.8) is 0 Å². The molecular weight excluding hydrogens is 290 g/mol. The number of hydrogen-bond donors (Lipinski definition) is 1. The Hall–Kier alpha value is -1.30. The second-order valence-electron chi connectivity index (χ2n) is 4.56. The molecule has 1 N–H and O–H groups in total. The SMILES string of the molecule is CN=C(NCCOCCOC)N(C)Cc1ccc(Cl)cc1. The average molecular weight is 314 g/mol. The first-order valence-corrected chi connectivity index (χ1v) is 7.28. The predicted molar refractivity (Wildman–Crippen MR) is 87.0 cm³/mol. The van der Waals surface area contributed by atoms with Gasteiger partial charge in [-0.2, -0.15) is 0 Å². The van der Waals surface area contributed by atoms with Crippen LogP contribution >= 0.6 is 11.6 Å². The van der Waals surface area contributed by atoms with Crippen molar-refractivity contribution in [1.82, 2.24) is 10.2 Å². The normalized spacial score (nSPS) is 11.5. The van der Waals surface area contributed by atoms with Crippen LogP contribution in [0.15, 0.2) is 29.3 Å². The molecule has 1 aromatic rings. The second-order valence-corrected chi connectivity index (χ2v) is 5.00. The van der Waals surface area contributed by atoms with Crippen LogP contribution in [0.1, 0.15) is 5.56 Å². The summed E-state index contributed by atoms with van der Waals surface area (Å²) in [6.07, 6.45) is 0. The average Bonchev–Trinajstić information content (AvgIpc) is 2.49. The van der Waals surface area contributed by atoms with Crippen LogP contribution in [0.2, 0.25) is 5.02 Å². The highest BCUT2D eigenvalue weighted by Crippen LogP contribution is 2.10. The number of ether oxygens (including phenoxy) is 2. The minimum Gasteiger partial charge on any atom is -0.382 e. The maximum atomic E-state index is 5.89. The molecule has 6 heteroatoms. The van der Waals surface area contributed by atoms with E-state index in [2.05, 4.69) is 15.2 Å². The van der Waals surface area contributed by atoms with E-state index < -0.39 is 0 Å². The van der Waals surface area contributed by atoms with Crippen molar-refractivity contribution in [3.8, 4) is 0 Å². The fourth-order valence-electron chi connectivity index (χ4n) is 1.80. The lowest BCUT2D eigenvalue weighted by Gasteiger charge is -2.22. The van der Waals surface area contributed by atoms with Crippen LogP contribution in [0.25, 0.3) is 0 Å². The first kappa shape index (κ1) is 17.8. The van der Waals surface area contributed by atoms with Crippen LogP contribution in [-0.2, 0) is 16.0 Å². The summed E-state index contributed by atoms with van der Waals surface area (Å²) in [7, 11) is 5.43. The molecule has 0 aromatic heterocycles. The minimum absolute atomic E-state index is 0.609. The number of rotatable bonds is 8. The van der Waals surface area contributed by atoms with E-state index in [1.165, 1.54) is 5.56 Å². The molecule has 0 saturated carbocycles. The number of halogens is 1. The zero-order valence-corrected chi connectivity index (χ0v) is 13.7. The topological polar surface area (TPSA) is 46.1 Å². The summed E-state index contributed by atoms with van der Waals surface area (Å²) in [5.41, 5.74) is 1.18. The van der Waals surface area contributed by atoms with Gasteiger partial charge in [-0.05, 0) is 17.7 Å². The van der Waals surface area contributed by atoms with Crippen molar-refractivity contribution in [1.29, 1.82) is 0 Å². The molecule has 1 aromatic carbocycles. The van der Waals surface area contributed by atoms with E-state index in [0.717, 1.165) is 17.5 Å². The third-order valence-electron chi connectivity index (χ3n) is 2.87. The lowest BCUT2D eigenvalue weighted by Crippen LogP contribution is -2.40. The van der Waals surface area contributed by atoms with Gasteiger partial charge in [-0.1, -0.05) is 23.7 Å². The van der Waals surface area contributed by atoms with Gasteiger partial charge in [0, 0.05) is 39.3 Å². The summed E-state index contributed by atoms with van der Waals surface area (Å²) in [5.74, 6) is 0.834. The Morgan fingerprint density at radius 1 is 1.24 bits per heavy atom. The van der Waals surface area contributed by atoms with Crippen LogP contribution in [-0.4, -0.2) is 58.4 Å². The van der Waals surface area contributed by atoms with Gasteiger partial charge in [-0.15, -0.1) is 0 Å². The highest BCUT2D eigenvalue weighted by atomic mass is 35.5. The number of aliphatic imine (C=N–C) groups is 1. The standard InChI is InChI=1S/C15H24ClN3O2/c1-17-15(18-8-9-21-11-10-20-3)19(2)12-13-4-6-14(16)7-5-13/h4-7H,8-12H2,1-3H3,(H,17,18). The summed E-state index contributed by atoms with van der Waals surface area (Å²) >= 11 is 5.89. The van der Waals surface area contributed by atoms with Gasteiger partial charge in [0.2, 0.25) is 0 Å². The molecule has 118 valence electrons. The summed E-state index contributed by atoms with van der Waals surface area (Å²) in [5, 5.41) is 4.01. The van der Waals surface area contributed by atoms with Gasteiger partial charge >= 0.3 is 0 Å². The molecule has 0 amide bonds. The van der Waals surface area contributed by atoms with Crippen molar-refractivity contribution >= 4 is 17.6 Å². The van der Waals surface area contributed by atoms with Crippen LogP contribution in [0.4, 0.5) is 0 Å². The first-order chi connectivity index (χ1) is 10.2. The van der Waals surface area contributed by atoms with Crippen molar-refractivity contribution in [2.24, 2.45) is 4.99 Å². The molecule has 0 heterocycles. The molecule has 0 spiro atoms. The van der Waals surface area contributed by atoms with E-state index in [1.807, 2.05) is 31.3 Å². The first-order valence-electron chi connectivity index (χ1n) is 6.90. The molecular formula is C15H24ClN3O2. The van der Waals surface area contributed by atoms with Crippen LogP contribution in [0.5, 0.6) is 0 Å². The van der Waals surface area contributed by atoms with Gasteiger partial charge in [0.05, 0.1) is 19.8 Å². The summed E-state index contributed by atoms with van der Waals surface area (Å²) in [6, 6.07) is 7.81. The van der Waals surface area contributed by atoms with Gasteiger partial charge < -0.3 is 19.7 Å². The Balaban J connectivity index is 2.32. The highest BCUT2D eigenvalue weighted by molar-refractivity contribution is 6.30. The van der Waals surface area contributed by atoms with E-state index in [1.54, 1.807) is 14.2 Å². The zero-order chi connectivity index (χ0) is 15.5. The summed E-state index contributed by atoms with van der Waals surface area (Å²) in [6.45, 7) is 3.32. The Morgan fingerprint density at radius 2 is 1.95 bits per heavy atom. The molecule has 0 aliphatic rings. The van der Waals surface area contributed by atoms with E-state index >= 15 is 0 Å². The third-order valence-corrected chi connectivity index (χ3v) is 3.12. The molecule has 0 atom stereocenters. The maximum absolute atomic E-state index is 5.89. The smallest absolute Gasteiger partial charge is 0.193 e. The van der Waals surface area contributed by atoms with Crippen LogP contribution < -0.4 is 5.32 Å². The maximum Gasteiger partial charge on any atom is 0.193 e. The Kier molecular flexibility index (Phi) is 8.82. The molecule has 0 radical (unpaired) electrons. The monoisotopic (exact) mass is 313 g/mol. The van der Waals surface area contributed by atoms with Crippen molar-refractivity contribution in [2.75, 3.05) is 47.6 Å². The fraction of sp³-hybridized carbons (Fsp3) is 0.533. The van der Waals surface area contributed by atoms with E-state index in [-0.39, 0.29) is 0 Å². The van der Waals surface area contributed by atoms with E-state index in [9.17, 15) is 0 Å². The minimum atomic E-state index is 0.609. The predicted octanol–water partition coefficient (Wildman–Crippen LogP) is 2.01. The largest absolute Gasteiger partial charge is 0.382 e. The Bertz CT molecular complexity index is 423. The quantitative estimate of drug-likeness (QED) is 0.453. The third kappa shape index (κ3) is 7.32. The highest BCUT2D eigenvalue weighted by Gasteiger charge is 2.06. The number of methoxy groups -OCH3 is 1. The number of guanidine groups is 1. The number of nitrogens with one attached hydrogen (secondary N) is 1. The number of nitrogens with zero attached hydrogens (tertiary/aromatic N) is 2. The molecule has 1 rings (SSSR count). The van der Waals surface area contributed by atoms with Crippen molar-refractivity contribution in [2.45, 2.75) is 6.54 Å². The van der Waals surface area contributed by atoms with Crippen molar-refractivity contribution in [3.05, 3.63) is 34.9 Å². The molecule has 0 unspecified atom stereocenters. The number of benzene rings is 1. The molecule has 0 aliphatic heterocycles. The molecule has 0 bridgehead atoms. The fourth-order valence-corrected chi connectivity index (χ4v) is 1.93. The Morgan fingerprint density at radius 3 is 2.57 bits per heavy atom. The zero-order valence-electron chi connectivity index (χ0n) is 12.9. The molecule has 0 fully saturated rings. The summed E-state index contributed by atoms with van der Waals surface area (Å²) in [4.78, 5) is 6.31. The molecule has 0 aliphatic carbocycles. The molecule has 5 nitrogen and oxygen atoms in total. The lowest BCUT2D eigenvalue weighted by molar-refractivity contribution is 0.0731. The number of hydrogen-bond acceptors (Lipinski definition) is 3. The van der Waals surface area contributed by atoms with Crippen LogP contribution in [0, 0.1) is 0 Å². The van der Waals surface area contributed by atoms with Gasteiger partial charge in [0.1, 0.15) is 0 Å². The van der Waals surface area contributed by atoms with E-state index in [0.29, 0.717) is 26.4 Å². The van der Waals surface area contributed by atoms with Gasteiger partial charge in [0.15, 0.2) is 5.96 Å². The van der Waals surface area contributed by atoms with Gasteiger partial charge in [-0.25, -0.2) is 0 Å². The second kappa shape index (κ2) is 10.4. The summed E-state index contributed by atoms with van der Waals surface area (Å²) < 4.78 is 10.3. The van der Waals surface area contributed by atoms with Gasteiger partial charge in [-0.3, -0.25) is 4.99 Å². The molecule has 0 saturated heterocycles. The Labute approximate surface area is 131 Å². The molecule has 21 heavy (non-hydrogen) atoms. The van der Waals surface area contributed by atoms with E-state index in [4.69, 9.17) is 21.1 Å². The van der Waals surface area contributed by atoms with Crippen molar-refractivity contribution < 1.29 is 9.47 Å².